The summed E-state index contributed by atoms with van der Waals surface area (Å²) in [6.07, 6.45) is 4.94. The van der Waals surface area contributed by atoms with Gasteiger partial charge >= 0.3 is 6.09 Å². The Bertz CT molecular complexity index is 233. The normalized spacial score (nSPS) is 24.1. The molecule has 0 aromatic carbocycles. The predicted molar refractivity (Wildman–Crippen MR) is 54.1 cm³/mol. The third kappa shape index (κ3) is 2.02. The number of hydrogen-bond acceptors (Lipinski definition) is 2. The van der Waals surface area contributed by atoms with Gasteiger partial charge in [-0.15, -0.1) is 0 Å². The fraction of sp³-hybridized carbons (Fsp3) is 0.909. The second kappa shape index (κ2) is 3.44. The Morgan fingerprint density at radius 2 is 2.07 bits per heavy atom. The molecule has 3 nitrogen and oxygen atoms in total. The van der Waals surface area contributed by atoms with Crippen LogP contribution in [-0.2, 0) is 4.74 Å². The quantitative estimate of drug-likeness (QED) is 0.646. The average Bonchev–Trinajstić information content (AvgIpc) is 2.84. The number of carbonyl (C=O) groups excluding carboxylic acids is 1. The minimum Gasteiger partial charge on any atom is -0.447 e. The highest BCUT2D eigenvalue weighted by Crippen LogP contribution is 2.52. The summed E-state index contributed by atoms with van der Waals surface area (Å²) in [6.45, 7) is 5.61. The van der Waals surface area contributed by atoms with Gasteiger partial charge in [0.1, 0.15) is 0 Å². The first kappa shape index (κ1) is 9.81. The first-order valence-corrected chi connectivity index (χ1v) is 5.57. The molecular formula is C11H19NO2. The zero-order valence-corrected chi connectivity index (χ0v) is 9.08. The molecule has 0 radical (unpaired) electrons. The van der Waals surface area contributed by atoms with Crippen LogP contribution in [0.4, 0.5) is 4.79 Å². The average molecular weight is 197 g/mol. The smallest absolute Gasteiger partial charge is 0.410 e. The topological polar surface area (TPSA) is 29.5 Å². The molecule has 1 saturated heterocycles. The molecule has 14 heavy (non-hydrogen) atoms. The molecule has 0 aromatic rings. The van der Waals surface area contributed by atoms with Crippen LogP contribution in [0.25, 0.3) is 0 Å². The maximum Gasteiger partial charge on any atom is 0.410 e. The Kier molecular flexibility index (Phi) is 2.41. The number of nitrogens with zero attached hydrogens (tertiary/aromatic N) is 1. The second-order valence-corrected chi connectivity index (χ2v) is 4.96. The second-order valence-electron chi connectivity index (χ2n) is 4.96. The van der Waals surface area contributed by atoms with Crippen molar-refractivity contribution in [2.45, 2.75) is 45.6 Å². The molecule has 2 aliphatic rings. The van der Waals surface area contributed by atoms with E-state index in [1.165, 1.54) is 19.3 Å². The van der Waals surface area contributed by atoms with Gasteiger partial charge < -0.3 is 9.64 Å². The van der Waals surface area contributed by atoms with E-state index in [2.05, 4.69) is 0 Å². The van der Waals surface area contributed by atoms with Crippen molar-refractivity contribution in [3.63, 3.8) is 0 Å². The lowest BCUT2D eigenvalue weighted by molar-refractivity contribution is 0.0596. The van der Waals surface area contributed by atoms with Crippen LogP contribution in [0.15, 0.2) is 0 Å². The van der Waals surface area contributed by atoms with Crippen LogP contribution in [0.5, 0.6) is 0 Å². The van der Waals surface area contributed by atoms with E-state index in [-0.39, 0.29) is 12.2 Å². The molecule has 2 rings (SSSR count). The summed E-state index contributed by atoms with van der Waals surface area (Å²) in [5.41, 5.74) is 0.494. The van der Waals surface area contributed by atoms with Gasteiger partial charge in [-0.05, 0) is 44.9 Å². The molecule has 1 aliphatic carbocycles. The highest BCUT2D eigenvalue weighted by Gasteiger charge is 2.46. The molecule has 0 N–H and O–H groups in total. The summed E-state index contributed by atoms with van der Waals surface area (Å²) in [5, 5.41) is 0. The van der Waals surface area contributed by atoms with E-state index in [0.717, 1.165) is 19.5 Å². The van der Waals surface area contributed by atoms with Gasteiger partial charge in [0.2, 0.25) is 0 Å². The number of amides is 1. The van der Waals surface area contributed by atoms with Crippen LogP contribution in [0.2, 0.25) is 0 Å². The summed E-state index contributed by atoms with van der Waals surface area (Å²) >= 11 is 0. The van der Waals surface area contributed by atoms with Crippen molar-refractivity contribution in [3.05, 3.63) is 0 Å². The number of hydrogen-bond donors (Lipinski definition) is 0. The third-order valence-corrected chi connectivity index (χ3v) is 3.21. The largest absolute Gasteiger partial charge is 0.447 e. The van der Waals surface area contributed by atoms with Crippen LogP contribution in [0.3, 0.4) is 0 Å². The molecule has 1 amide bonds. The van der Waals surface area contributed by atoms with Crippen LogP contribution >= 0.6 is 0 Å². The maximum absolute atomic E-state index is 11.6. The van der Waals surface area contributed by atoms with E-state index in [1.54, 1.807) is 0 Å². The standard InChI is InChI=1S/C11H19NO2/c1-9(2)14-10(13)12-7-3-4-11(8-12)5-6-11/h9H,3-8H2,1-2H3. The molecule has 1 heterocycles. The summed E-state index contributed by atoms with van der Waals surface area (Å²) in [6, 6.07) is 0. The number of ether oxygens (including phenoxy) is 1. The van der Waals surface area contributed by atoms with Gasteiger partial charge in [0.15, 0.2) is 0 Å². The minimum absolute atomic E-state index is 0.000389. The molecule has 0 unspecified atom stereocenters. The van der Waals surface area contributed by atoms with E-state index >= 15 is 0 Å². The molecule has 0 bridgehead atoms. The van der Waals surface area contributed by atoms with Crippen LogP contribution < -0.4 is 0 Å². The predicted octanol–water partition coefficient (Wildman–Crippen LogP) is 2.41. The van der Waals surface area contributed by atoms with E-state index < -0.39 is 0 Å². The number of likely N-dealkylation sites (tertiary alicyclic amines) is 1. The van der Waals surface area contributed by atoms with Gasteiger partial charge in [0.05, 0.1) is 6.10 Å². The van der Waals surface area contributed by atoms with Gasteiger partial charge in [0, 0.05) is 13.1 Å². The Labute approximate surface area is 85.4 Å². The Hall–Kier alpha value is -0.730. The Morgan fingerprint density at radius 3 is 2.64 bits per heavy atom. The van der Waals surface area contributed by atoms with E-state index in [0.29, 0.717) is 5.41 Å². The van der Waals surface area contributed by atoms with E-state index in [4.69, 9.17) is 4.74 Å². The first-order chi connectivity index (χ1) is 6.61. The van der Waals surface area contributed by atoms with Crippen molar-refractivity contribution in [1.82, 2.24) is 4.90 Å². The fourth-order valence-corrected chi connectivity index (χ4v) is 2.22. The van der Waals surface area contributed by atoms with Crippen molar-refractivity contribution in [3.8, 4) is 0 Å². The highest BCUT2D eigenvalue weighted by atomic mass is 16.6. The monoisotopic (exact) mass is 197 g/mol. The molecule has 0 atom stereocenters. The molecule has 80 valence electrons. The van der Waals surface area contributed by atoms with Gasteiger partial charge in [-0.3, -0.25) is 0 Å². The van der Waals surface area contributed by atoms with Crippen molar-refractivity contribution < 1.29 is 9.53 Å². The van der Waals surface area contributed by atoms with Crippen LogP contribution in [-0.4, -0.2) is 30.2 Å². The summed E-state index contributed by atoms with van der Waals surface area (Å²) in [4.78, 5) is 13.5. The van der Waals surface area contributed by atoms with Gasteiger partial charge in [0.25, 0.3) is 0 Å². The van der Waals surface area contributed by atoms with Crippen molar-refractivity contribution >= 4 is 6.09 Å². The number of carbonyl (C=O) groups is 1. The van der Waals surface area contributed by atoms with E-state index in [9.17, 15) is 4.79 Å². The third-order valence-electron chi connectivity index (χ3n) is 3.21. The summed E-state index contributed by atoms with van der Waals surface area (Å²) in [5.74, 6) is 0. The molecule has 1 spiro atoms. The maximum atomic E-state index is 11.6. The minimum atomic E-state index is -0.119. The molecule has 1 aliphatic heterocycles. The van der Waals surface area contributed by atoms with Crippen LogP contribution in [0.1, 0.15) is 39.5 Å². The number of rotatable bonds is 1. The Balaban J connectivity index is 1.87. The molecular weight excluding hydrogens is 178 g/mol. The zero-order chi connectivity index (χ0) is 10.2. The molecule has 0 aromatic heterocycles. The van der Waals surface area contributed by atoms with Crippen molar-refractivity contribution in [1.29, 1.82) is 0 Å². The van der Waals surface area contributed by atoms with Crippen LogP contribution in [0, 0.1) is 5.41 Å². The summed E-state index contributed by atoms with van der Waals surface area (Å²) < 4.78 is 5.20. The SMILES string of the molecule is CC(C)OC(=O)N1CCCC2(CC2)C1. The lowest BCUT2D eigenvalue weighted by Gasteiger charge is -2.32. The molecule has 3 heteroatoms. The first-order valence-electron chi connectivity index (χ1n) is 5.57. The van der Waals surface area contributed by atoms with Crippen molar-refractivity contribution in [2.75, 3.05) is 13.1 Å². The zero-order valence-electron chi connectivity index (χ0n) is 9.08. The Morgan fingerprint density at radius 1 is 1.36 bits per heavy atom. The molecule has 2 fully saturated rings. The fourth-order valence-electron chi connectivity index (χ4n) is 2.22. The lowest BCUT2D eigenvalue weighted by atomic mass is 9.95. The number of piperidine rings is 1. The van der Waals surface area contributed by atoms with Gasteiger partial charge in [-0.1, -0.05) is 0 Å². The van der Waals surface area contributed by atoms with Gasteiger partial charge in [-0.25, -0.2) is 4.79 Å². The van der Waals surface area contributed by atoms with Gasteiger partial charge in [-0.2, -0.15) is 0 Å². The highest BCUT2D eigenvalue weighted by molar-refractivity contribution is 5.68. The molecule has 1 saturated carbocycles. The van der Waals surface area contributed by atoms with Crippen molar-refractivity contribution in [2.24, 2.45) is 5.41 Å². The lowest BCUT2D eigenvalue weighted by Crippen LogP contribution is -2.41. The van der Waals surface area contributed by atoms with E-state index in [1.807, 2.05) is 18.7 Å². The summed E-state index contributed by atoms with van der Waals surface area (Å²) in [7, 11) is 0.